The molecule has 0 bridgehead atoms. The largest absolute Gasteiger partial charge is 0.496 e. The molecule has 21 heavy (non-hydrogen) atoms. The van der Waals surface area contributed by atoms with Gasteiger partial charge in [-0.3, -0.25) is 5.10 Å². The monoisotopic (exact) mass is 351 g/mol. The number of hydrogen-bond acceptors (Lipinski definition) is 5. The van der Waals surface area contributed by atoms with Crippen molar-refractivity contribution in [1.82, 2.24) is 15.2 Å². The van der Waals surface area contributed by atoms with Crippen LogP contribution in [0.1, 0.15) is 12.8 Å². The Morgan fingerprint density at radius 1 is 1.38 bits per heavy atom. The Balaban J connectivity index is 1.80. The Bertz CT molecular complexity index is 622. The van der Waals surface area contributed by atoms with Gasteiger partial charge < -0.3 is 15.4 Å². The first kappa shape index (κ1) is 14.3. The van der Waals surface area contributed by atoms with Crippen LogP contribution in [0.15, 0.2) is 22.7 Å². The van der Waals surface area contributed by atoms with E-state index in [2.05, 4.69) is 36.0 Å². The maximum absolute atomic E-state index is 5.92. The molecule has 3 rings (SSSR count). The molecule has 1 aromatic heterocycles. The lowest BCUT2D eigenvalue weighted by Gasteiger charge is -2.28. The second kappa shape index (κ2) is 6.03. The van der Waals surface area contributed by atoms with Gasteiger partial charge in [-0.25, -0.2) is 0 Å². The molecule has 112 valence electrons. The minimum absolute atomic E-state index is 0.303. The lowest BCUT2D eigenvalue weighted by atomic mass is 10.1. The lowest BCUT2D eigenvalue weighted by molar-refractivity contribution is 0.412. The van der Waals surface area contributed by atoms with Crippen LogP contribution in [0.5, 0.6) is 5.75 Å². The van der Waals surface area contributed by atoms with Crippen LogP contribution in [0.25, 0.3) is 11.4 Å². The maximum atomic E-state index is 5.92. The molecule has 0 radical (unpaired) electrons. The molecule has 3 N–H and O–H groups in total. The number of anilines is 1. The van der Waals surface area contributed by atoms with Crippen LogP contribution in [0.4, 0.5) is 5.95 Å². The fraction of sp³-hybridized carbons (Fsp3) is 0.429. The van der Waals surface area contributed by atoms with E-state index in [9.17, 15) is 0 Å². The average molecular weight is 352 g/mol. The molecule has 2 heterocycles. The Kier molecular flexibility index (Phi) is 4.12. The molecular weight excluding hydrogens is 334 g/mol. The topological polar surface area (TPSA) is 80.1 Å². The molecule has 1 aliphatic rings. The molecule has 0 saturated carbocycles. The highest BCUT2D eigenvalue weighted by molar-refractivity contribution is 9.10. The molecule has 1 saturated heterocycles. The fourth-order valence-electron chi connectivity index (χ4n) is 2.44. The van der Waals surface area contributed by atoms with Gasteiger partial charge in [-0.2, -0.15) is 4.98 Å². The van der Waals surface area contributed by atoms with Crippen LogP contribution >= 0.6 is 15.9 Å². The van der Waals surface area contributed by atoms with Crippen LogP contribution in [0.2, 0.25) is 0 Å². The normalized spacial score (nSPS) is 16.2. The van der Waals surface area contributed by atoms with Crippen LogP contribution in [-0.4, -0.2) is 41.4 Å². The third-order valence-corrected chi connectivity index (χ3v) is 4.34. The van der Waals surface area contributed by atoms with Crippen LogP contribution in [0, 0.1) is 0 Å². The second-order valence-corrected chi connectivity index (χ2v) is 6.01. The van der Waals surface area contributed by atoms with E-state index in [1.165, 1.54) is 0 Å². The van der Waals surface area contributed by atoms with Gasteiger partial charge in [0.05, 0.1) is 11.6 Å². The summed E-state index contributed by atoms with van der Waals surface area (Å²) in [5.74, 6) is 2.29. The summed E-state index contributed by atoms with van der Waals surface area (Å²) in [6.45, 7) is 1.82. The summed E-state index contributed by atoms with van der Waals surface area (Å²) in [5, 5.41) is 7.32. The van der Waals surface area contributed by atoms with E-state index in [1.54, 1.807) is 7.11 Å². The number of aromatic amines is 1. The first-order chi connectivity index (χ1) is 10.2. The molecule has 1 aliphatic heterocycles. The van der Waals surface area contributed by atoms with Crippen molar-refractivity contribution in [1.29, 1.82) is 0 Å². The third kappa shape index (κ3) is 3.03. The van der Waals surface area contributed by atoms with Gasteiger partial charge in [0.15, 0.2) is 5.82 Å². The molecule has 6 nitrogen and oxygen atoms in total. The zero-order valence-corrected chi connectivity index (χ0v) is 13.4. The van der Waals surface area contributed by atoms with Crippen molar-refractivity contribution in [3.05, 3.63) is 22.7 Å². The van der Waals surface area contributed by atoms with E-state index in [0.717, 1.165) is 53.5 Å². The molecule has 0 spiro atoms. The average Bonchev–Trinajstić information content (AvgIpc) is 2.98. The molecule has 0 aliphatic carbocycles. The van der Waals surface area contributed by atoms with Gasteiger partial charge >= 0.3 is 0 Å². The number of nitrogens with one attached hydrogen (secondary N) is 1. The number of benzene rings is 1. The van der Waals surface area contributed by atoms with Crippen LogP contribution in [0.3, 0.4) is 0 Å². The highest BCUT2D eigenvalue weighted by Gasteiger charge is 2.19. The molecule has 7 heteroatoms. The SMILES string of the molecule is COc1ccc(-c2nc(N3CCC(N)CC3)n[nH]2)cc1Br. The summed E-state index contributed by atoms with van der Waals surface area (Å²) in [4.78, 5) is 6.75. The minimum atomic E-state index is 0.303. The van der Waals surface area contributed by atoms with Crippen molar-refractivity contribution in [2.45, 2.75) is 18.9 Å². The van der Waals surface area contributed by atoms with Crippen molar-refractivity contribution in [3.8, 4) is 17.1 Å². The lowest BCUT2D eigenvalue weighted by Crippen LogP contribution is -2.40. The zero-order chi connectivity index (χ0) is 14.8. The molecular formula is C14H18BrN5O. The summed E-state index contributed by atoms with van der Waals surface area (Å²) in [6.07, 6.45) is 1.97. The number of nitrogens with zero attached hydrogens (tertiary/aromatic N) is 3. The highest BCUT2D eigenvalue weighted by Crippen LogP contribution is 2.29. The van der Waals surface area contributed by atoms with Crippen molar-refractivity contribution >= 4 is 21.9 Å². The van der Waals surface area contributed by atoms with Crippen molar-refractivity contribution in [2.75, 3.05) is 25.1 Å². The van der Waals surface area contributed by atoms with Crippen LogP contribution < -0.4 is 15.4 Å². The minimum Gasteiger partial charge on any atom is -0.496 e. The summed E-state index contributed by atoms with van der Waals surface area (Å²) >= 11 is 3.48. The number of halogens is 1. The van der Waals surface area contributed by atoms with Gasteiger partial charge in [-0.15, -0.1) is 5.10 Å². The van der Waals surface area contributed by atoms with E-state index >= 15 is 0 Å². The summed E-state index contributed by atoms with van der Waals surface area (Å²) in [6, 6.07) is 6.13. The van der Waals surface area contributed by atoms with Crippen LogP contribution in [-0.2, 0) is 0 Å². The first-order valence-corrected chi connectivity index (χ1v) is 7.73. The Hall–Kier alpha value is -1.60. The fourth-order valence-corrected chi connectivity index (χ4v) is 2.98. The predicted molar refractivity (Wildman–Crippen MR) is 85.5 cm³/mol. The van der Waals surface area contributed by atoms with E-state index in [0.29, 0.717) is 6.04 Å². The first-order valence-electron chi connectivity index (χ1n) is 6.94. The number of aromatic nitrogens is 3. The van der Waals surface area contributed by atoms with Crippen molar-refractivity contribution < 1.29 is 4.74 Å². The Morgan fingerprint density at radius 3 is 2.81 bits per heavy atom. The van der Waals surface area contributed by atoms with Crippen molar-refractivity contribution in [2.24, 2.45) is 5.73 Å². The van der Waals surface area contributed by atoms with Gasteiger partial charge in [0.1, 0.15) is 5.75 Å². The molecule has 1 fully saturated rings. The van der Waals surface area contributed by atoms with Crippen molar-refractivity contribution in [3.63, 3.8) is 0 Å². The third-order valence-electron chi connectivity index (χ3n) is 3.72. The summed E-state index contributed by atoms with van der Waals surface area (Å²) in [7, 11) is 1.65. The zero-order valence-electron chi connectivity index (χ0n) is 11.8. The number of nitrogens with two attached hydrogens (primary N) is 1. The smallest absolute Gasteiger partial charge is 0.245 e. The summed E-state index contributed by atoms with van der Waals surface area (Å²) < 4.78 is 6.13. The number of ether oxygens (including phenoxy) is 1. The standard InChI is InChI=1S/C14H18BrN5O/c1-21-12-3-2-9(8-11(12)15)13-17-14(19-18-13)20-6-4-10(16)5-7-20/h2-3,8,10H,4-7,16H2,1H3,(H,17,18,19). The van der Waals surface area contributed by atoms with E-state index in [1.807, 2.05) is 18.2 Å². The highest BCUT2D eigenvalue weighted by atomic mass is 79.9. The van der Waals surface area contributed by atoms with E-state index in [4.69, 9.17) is 10.5 Å². The quantitative estimate of drug-likeness (QED) is 0.885. The van der Waals surface area contributed by atoms with Gasteiger partial charge in [0, 0.05) is 24.7 Å². The summed E-state index contributed by atoms with van der Waals surface area (Å²) in [5.41, 5.74) is 6.89. The molecule has 0 amide bonds. The number of piperidine rings is 1. The number of methoxy groups -OCH3 is 1. The number of hydrogen-bond donors (Lipinski definition) is 2. The Labute approximate surface area is 131 Å². The molecule has 1 aromatic carbocycles. The number of H-pyrrole nitrogens is 1. The second-order valence-electron chi connectivity index (χ2n) is 5.16. The Morgan fingerprint density at radius 2 is 2.14 bits per heavy atom. The maximum Gasteiger partial charge on any atom is 0.245 e. The molecule has 2 aromatic rings. The van der Waals surface area contributed by atoms with Gasteiger partial charge in [-0.05, 0) is 47.0 Å². The predicted octanol–water partition coefficient (Wildman–Crippen LogP) is 2.17. The molecule has 0 atom stereocenters. The van der Waals surface area contributed by atoms with Gasteiger partial charge in [0.25, 0.3) is 0 Å². The van der Waals surface area contributed by atoms with E-state index < -0.39 is 0 Å². The number of rotatable bonds is 3. The van der Waals surface area contributed by atoms with Gasteiger partial charge in [0.2, 0.25) is 5.95 Å². The molecule has 0 unspecified atom stereocenters. The van der Waals surface area contributed by atoms with E-state index in [-0.39, 0.29) is 0 Å². The van der Waals surface area contributed by atoms with Gasteiger partial charge in [-0.1, -0.05) is 0 Å².